The van der Waals surface area contributed by atoms with Gasteiger partial charge in [-0.1, -0.05) is 6.07 Å². The maximum Gasteiger partial charge on any atom is 0.412 e. The van der Waals surface area contributed by atoms with E-state index in [0.29, 0.717) is 44.7 Å². The smallest absolute Gasteiger partial charge is 0.412 e. The Hall–Kier alpha value is -3.64. The lowest BCUT2D eigenvalue weighted by atomic mass is 9.96. The molecule has 1 aliphatic heterocycles. The van der Waals surface area contributed by atoms with E-state index in [1.54, 1.807) is 22.9 Å². The van der Waals surface area contributed by atoms with E-state index in [2.05, 4.69) is 16.0 Å². The SMILES string of the molecule is CC1CCc2c(ccc3c2nc(CCn2ccccc2=O)n3CCNCCC#N)N1C(=O)O. The van der Waals surface area contributed by atoms with E-state index < -0.39 is 6.09 Å². The Kier molecular flexibility index (Phi) is 6.75. The van der Waals surface area contributed by atoms with Crippen LogP contribution in [0.1, 0.15) is 31.2 Å². The number of carbonyl (C=O) groups is 1. The molecule has 0 spiro atoms. The van der Waals surface area contributed by atoms with Crippen LogP contribution in [0, 0.1) is 11.3 Å². The molecule has 0 bridgehead atoms. The molecule has 9 nitrogen and oxygen atoms in total. The molecule has 1 aliphatic rings. The summed E-state index contributed by atoms with van der Waals surface area (Å²) in [4.78, 5) is 30.4. The van der Waals surface area contributed by atoms with Crippen LogP contribution in [0.4, 0.5) is 10.5 Å². The van der Waals surface area contributed by atoms with Gasteiger partial charge in [0.2, 0.25) is 0 Å². The lowest BCUT2D eigenvalue weighted by molar-refractivity contribution is 0.198. The molecule has 0 fully saturated rings. The largest absolute Gasteiger partial charge is 0.465 e. The fourth-order valence-electron chi connectivity index (χ4n) is 4.53. The summed E-state index contributed by atoms with van der Waals surface area (Å²) in [7, 11) is 0. The lowest BCUT2D eigenvalue weighted by Gasteiger charge is -2.33. The van der Waals surface area contributed by atoms with Crippen LogP contribution in [0.15, 0.2) is 41.3 Å². The Morgan fingerprint density at radius 3 is 2.88 bits per heavy atom. The Morgan fingerprint density at radius 1 is 1.27 bits per heavy atom. The minimum Gasteiger partial charge on any atom is -0.465 e. The van der Waals surface area contributed by atoms with E-state index in [1.165, 1.54) is 4.90 Å². The molecular formula is C24H28N6O3. The zero-order valence-corrected chi connectivity index (χ0v) is 18.7. The summed E-state index contributed by atoms with van der Waals surface area (Å²) in [6.45, 7) is 4.40. The first-order valence-corrected chi connectivity index (χ1v) is 11.3. The number of hydrogen-bond donors (Lipinski definition) is 2. The van der Waals surface area contributed by atoms with E-state index in [0.717, 1.165) is 35.3 Å². The quantitative estimate of drug-likeness (QED) is 0.512. The van der Waals surface area contributed by atoms with Crippen LogP contribution in [0.3, 0.4) is 0 Å². The second-order valence-electron chi connectivity index (χ2n) is 8.29. The predicted octanol–water partition coefficient (Wildman–Crippen LogP) is 2.76. The summed E-state index contributed by atoms with van der Waals surface area (Å²) in [6, 6.07) is 11.0. The number of pyridine rings is 1. The van der Waals surface area contributed by atoms with Gasteiger partial charge in [0.1, 0.15) is 5.82 Å². The Labute approximate surface area is 191 Å². The summed E-state index contributed by atoms with van der Waals surface area (Å²) in [5.74, 6) is 0.858. The van der Waals surface area contributed by atoms with Crippen molar-refractivity contribution in [2.45, 2.75) is 51.7 Å². The zero-order valence-electron chi connectivity index (χ0n) is 18.7. The van der Waals surface area contributed by atoms with Crippen molar-refractivity contribution in [1.82, 2.24) is 19.4 Å². The number of nitrogens with one attached hydrogen (secondary N) is 1. The van der Waals surface area contributed by atoms with Gasteiger partial charge in [-0.05, 0) is 38.0 Å². The number of hydrogen-bond acceptors (Lipinski definition) is 5. The summed E-state index contributed by atoms with van der Waals surface area (Å²) < 4.78 is 3.81. The second kappa shape index (κ2) is 9.88. The second-order valence-corrected chi connectivity index (χ2v) is 8.29. The van der Waals surface area contributed by atoms with Gasteiger partial charge in [-0.15, -0.1) is 0 Å². The van der Waals surface area contributed by atoms with Crippen molar-refractivity contribution in [2.75, 3.05) is 18.0 Å². The fourth-order valence-corrected chi connectivity index (χ4v) is 4.53. The summed E-state index contributed by atoms with van der Waals surface area (Å²) in [5.41, 5.74) is 3.41. The molecule has 172 valence electrons. The standard InChI is InChI=1S/C24H28N6O3/c1-17-6-7-18-19(30(17)24(32)33)8-9-20-23(18)27-21(29(20)16-13-26-12-4-11-25)10-15-28-14-3-2-5-22(28)31/h2-3,5,8-9,14,17,26H,4,6-7,10,12-13,15-16H2,1H3,(H,32,33). The molecule has 9 heteroatoms. The molecule has 3 aromatic rings. The highest BCUT2D eigenvalue weighted by Gasteiger charge is 2.30. The third-order valence-electron chi connectivity index (χ3n) is 6.20. The minimum atomic E-state index is -0.951. The average molecular weight is 449 g/mol. The molecule has 0 saturated heterocycles. The summed E-state index contributed by atoms with van der Waals surface area (Å²) >= 11 is 0. The van der Waals surface area contributed by atoms with Crippen molar-refractivity contribution in [3.8, 4) is 6.07 Å². The molecule has 3 heterocycles. The van der Waals surface area contributed by atoms with Gasteiger partial charge in [0.25, 0.3) is 5.56 Å². The number of benzene rings is 1. The third kappa shape index (κ3) is 4.61. The number of aromatic nitrogens is 3. The van der Waals surface area contributed by atoms with E-state index in [-0.39, 0.29) is 11.6 Å². The van der Waals surface area contributed by atoms with Crippen molar-refractivity contribution >= 4 is 22.8 Å². The summed E-state index contributed by atoms with van der Waals surface area (Å²) in [5, 5.41) is 21.8. The number of nitrogens with zero attached hydrogens (tertiary/aromatic N) is 5. The normalized spacial score (nSPS) is 15.4. The van der Waals surface area contributed by atoms with Gasteiger partial charge < -0.3 is 19.6 Å². The average Bonchev–Trinajstić information content (AvgIpc) is 3.15. The Morgan fingerprint density at radius 2 is 2.12 bits per heavy atom. The van der Waals surface area contributed by atoms with E-state index in [4.69, 9.17) is 10.2 Å². The molecule has 2 N–H and O–H groups in total. The molecule has 33 heavy (non-hydrogen) atoms. The number of nitriles is 1. The summed E-state index contributed by atoms with van der Waals surface area (Å²) in [6.07, 6.45) is 3.36. The Balaban J connectivity index is 1.70. The molecule has 0 radical (unpaired) electrons. The Bertz CT molecular complexity index is 1260. The van der Waals surface area contributed by atoms with Gasteiger partial charge in [0.15, 0.2) is 0 Å². The number of fused-ring (bicyclic) bond motifs is 3. The predicted molar refractivity (Wildman–Crippen MR) is 126 cm³/mol. The molecule has 0 saturated carbocycles. The number of imidazole rings is 1. The highest BCUT2D eigenvalue weighted by molar-refractivity contribution is 5.94. The van der Waals surface area contributed by atoms with Crippen molar-refractivity contribution in [3.63, 3.8) is 0 Å². The van der Waals surface area contributed by atoms with Gasteiger partial charge >= 0.3 is 6.09 Å². The topological polar surface area (TPSA) is 116 Å². The van der Waals surface area contributed by atoms with Crippen LogP contribution in [0.25, 0.3) is 11.0 Å². The molecule has 0 aliphatic carbocycles. The van der Waals surface area contributed by atoms with Crippen molar-refractivity contribution < 1.29 is 9.90 Å². The molecule has 1 amide bonds. The number of carboxylic acid groups (broad SMARTS) is 1. The molecule has 2 aromatic heterocycles. The van der Waals surface area contributed by atoms with Crippen molar-refractivity contribution in [3.05, 3.63) is 58.3 Å². The fraction of sp³-hybridized carbons (Fsp3) is 0.417. The van der Waals surface area contributed by atoms with Gasteiger partial charge in [0, 0.05) is 62.9 Å². The maximum absolute atomic E-state index is 12.1. The van der Waals surface area contributed by atoms with E-state index in [1.807, 2.05) is 25.1 Å². The maximum atomic E-state index is 12.1. The van der Waals surface area contributed by atoms with Gasteiger partial charge in [-0.3, -0.25) is 9.69 Å². The van der Waals surface area contributed by atoms with Crippen LogP contribution >= 0.6 is 0 Å². The number of aryl methyl sites for hydroxylation is 3. The molecule has 1 unspecified atom stereocenters. The highest BCUT2D eigenvalue weighted by Crippen LogP contribution is 2.36. The lowest BCUT2D eigenvalue weighted by Crippen LogP contribution is -2.41. The molecular weight excluding hydrogens is 420 g/mol. The van der Waals surface area contributed by atoms with Crippen molar-refractivity contribution in [2.24, 2.45) is 0 Å². The monoisotopic (exact) mass is 448 g/mol. The zero-order chi connectivity index (χ0) is 23.4. The highest BCUT2D eigenvalue weighted by atomic mass is 16.4. The van der Waals surface area contributed by atoms with Crippen LogP contribution < -0.4 is 15.8 Å². The first-order chi connectivity index (χ1) is 16.0. The third-order valence-corrected chi connectivity index (χ3v) is 6.20. The van der Waals surface area contributed by atoms with Crippen molar-refractivity contribution in [1.29, 1.82) is 5.26 Å². The first kappa shape index (κ1) is 22.6. The van der Waals surface area contributed by atoms with E-state index in [9.17, 15) is 14.7 Å². The first-order valence-electron chi connectivity index (χ1n) is 11.3. The van der Waals surface area contributed by atoms with Gasteiger partial charge in [0.05, 0.1) is 22.8 Å². The van der Waals surface area contributed by atoms with Gasteiger partial charge in [-0.25, -0.2) is 9.78 Å². The van der Waals surface area contributed by atoms with Crippen LogP contribution in [-0.2, 0) is 25.9 Å². The van der Waals surface area contributed by atoms with Gasteiger partial charge in [-0.2, -0.15) is 5.26 Å². The van der Waals surface area contributed by atoms with Crippen LogP contribution in [-0.4, -0.2) is 44.4 Å². The molecule has 1 atom stereocenters. The number of rotatable bonds is 8. The van der Waals surface area contributed by atoms with Crippen LogP contribution in [0.5, 0.6) is 0 Å². The molecule has 1 aromatic carbocycles. The minimum absolute atomic E-state index is 0.0539. The number of amides is 1. The van der Waals surface area contributed by atoms with Crippen LogP contribution in [0.2, 0.25) is 0 Å². The molecule has 4 rings (SSSR count). The number of anilines is 1. The van der Waals surface area contributed by atoms with E-state index >= 15 is 0 Å².